The number of carbonyl (C=O) groups is 2. The van der Waals surface area contributed by atoms with Gasteiger partial charge in [-0.2, -0.15) is 0 Å². The Morgan fingerprint density at radius 3 is 2.33 bits per heavy atom. The summed E-state index contributed by atoms with van der Waals surface area (Å²) in [6.45, 7) is 2.36. The van der Waals surface area contributed by atoms with E-state index in [4.69, 9.17) is 4.74 Å². The number of ether oxygens (including phenoxy) is 1. The van der Waals surface area contributed by atoms with Gasteiger partial charge in [-0.15, -0.1) is 0 Å². The first-order chi connectivity index (χ1) is 13.2. The third-order valence-electron chi connectivity index (χ3n) is 5.53. The molecule has 2 fully saturated rings. The second-order valence-electron chi connectivity index (χ2n) is 7.21. The van der Waals surface area contributed by atoms with Gasteiger partial charge in [-0.05, 0) is 36.1 Å². The molecule has 2 aliphatic rings. The second-order valence-corrected chi connectivity index (χ2v) is 7.21. The average Bonchev–Trinajstić information content (AvgIpc) is 3.54. The van der Waals surface area contributed by atoms with Crippen LogP contribution in [0.2, 0.25) is 0 Å². The van der Waals surface area contributed by atoms with E-state index in [1.807, 2.05) is 40.1 Å². The Bertz CT molecular complexity index is 828. The molecule has 0 N–H and O–H groups in total. The molecule has 1 heterocycles. The van der Waals surface area contributed by atoms with E-state index in [0.717, 1.165) is 6.42 Å². The number of benzene rings is 2. The lowest BCUT2D eigenvalue weighted by atomic mass is 10.1. The number of nitrogens with zero attached hydrogens (tertiary/aromatic N) is 2. The lowest BCUT2D eigenvalue weighted by molar-refractivity contribution is -0.134. The summed E-state index contributed by atoms with van der Waals surface area (Å²) in [7, 11) is 1.59. The highest BCUT2D eigenvalue weighted by Crippen LogP contribution is 2.48. The molecule has 2 aromatic rings. The molecule has 2 atom stereocenters. The van der Waals surface area contributed by atoms with Crippen LogP contribution in [0.4, 0.5) is 0 Å². The minimum atomic E-state index is -0.00502. The van der Waals surface area contributed by atoms with Gasteiger partial charge in [0.15, 0.2) is 0 Å². The number of hydrogen-bond acceptors (Lipinski definition) is 3. The van der Waals surface area contributed by atoms with Crippen molar-refractivity contribution in [1.29, 1.82) is 0 Å². The van der Waals surface area contributed by atoms with Crippen LogP contribution in [-0.2, 0) is 4.79 Å². The molecule has 0 radical (unpaired) electrons. The molecule has 0 aromatic heterocycles. The van der Waals surface area contributed by atoms with E-state index in [2.05, 4.69) is 12.1 Å². The maximum atomic E-state index is 12.8. The fourth-order valence-electron chi connectivity index (χ4n) is 3.84. The highest BCUT2D eigenvalue weighted by Gasteiger charge is 2.46. The minimum Gasteiger partial charge on any atom is -0.497 e. The van der Waals surface area contributed by atoms with Gasteiger partial charge in [0.05, 0.1) is 7.11 Å². The van der Waals surface area contributed by atoms with Crippen LogP contribution in [-0.4, -0.2) is 54.9 Å². The molecule has 5 heteroatoms. The van der Waals surface area contributed by atoms with E-state index in [1.165, 1.54) is 5.56 Å². The van der Waals surface area contributed by atoms with Crippen LogP contribution in [0, 0.1) is 5.92 Å². The highest BCUT2D eigenvalue weighted by atomic mass is 16.5. The van der Waals surface area contributed by atoms with E-state index < -0.39 is 0 Å². The van der Waals surface area contributed by atoms with E-state index in [1.54, 1.807) is 19.2 Å². The minimum absolute atomic E-state index is 0.00502. The number of carbonyl (C=O) groups excluding carboxylic acids is 2. The molecule has 140 valence electrons. The molecule has 5 nitrogen and oxygen atoms in total. The molecule has 2 aromatic carbocycles. The second kappa shape index (κ2) is 7.43. The fraction of sp³-hybridized carbons (Fsp3) is 0.364. The topological polar surface area (TPSA) is 49.9 Å². The van der Waals surface area contributed by atoms with Crippen LogP contribution in [0.25, 0.3) is 0 Å². The fourth-order valence-corrected chi connectivity index (χ4v) is 3.84. The third kappa shape index (κ3) is 3.68. The average molecular weight is 364 g/mol. The Balaban J connectivity index is 1.32. The van der Waals surface area contributed by atoms with Gasteiger partial charge in [-0.3, -0.25) is 9.59 Å². The molecule has 0 spiro atoms. The van der Waals surface area contributed by atoms with Crippen molar-refractivity contribution >= 4 is 11.8 Å². The zero-order valence-corrected chi connectivity index (χ0v) is 15.5. The summed E-state index contributed by atoms with van der Waals surface area (Å²) in [5, 5.41) is 0. The van der Waals surface area contributed by atoms with Crippen molar-refractivity contribution in [2.75, 3.05) is 33.3 Å². The van der Waals surface area contributed by atoms with Crippen LogP contribution >= 0.6 is 0 Å². The van der Waals surface area contributed by atoms with Crippen LogP contribution < -0.4 is 4.74 Å². The molecule has 0 bridgehead atoms. The largest absolute Gasteiger partial charge is 0.497 e. The molecular formula is C22H24N2O3. The Hall–Kier alpha value is -2.82. The summed E-state index contributed by atoms with van der Waals surface area (Å²) in [5.41, 5.74) is 1.88. The molecular weight excluding hydrogens is 340 g/mol. The Morgan fingerprint density at radius 2 is 1.63 bits per heavy atom. The SMILES string of the molecule is COc1cccc(C(=O)N2CCN(C(=O)C3CC3c3ccccc3)CC2)c1. The molecule has 1 aliphatic carbocycles. The molecule has 2 amide bonds. The molecule has 27 heavy (non-hydrogen) atoms. The van der Waals surface area contributed by atoms with E-state index in [0.29, 0.717) is 43.4 Å². The molecule has 4 rings (SSSR count). The van der Waals surface area contributed by atoms with Crippen LogP contribution in [0.5, 0.6) is 5.75 Å². The van der Waals surface area contributed by atoms with Crippen molar-refractivity contribution in [2.24, 2.45) is 5.92 Å². The highest BCUT2D eigenvalue weighted by molar-refractivity contribution is 5.95. The van der Waals surface area contributed by atoms with Crippen molar-refractivity contribution < 1.29 is 14.3 Å². The van der Waals surface area contributed by atoms with Crippen molar-refractivity contribution in [2.45, 2.75) is 12.3 Å². The number of amides is 2. The Morgan fingerprint density at radius 1 is 0.926 bits per heavy atom. The van der Waals surface area contributed by atoms with E-state index in [-0.39, 0.29) is 17.7 Å². The number of piperazine rings is 1. The van der Waals surface area contributed by atoms with Gasteiger partial charge in [0.1, 0.15) is 5.75 Å². The standard InChI is InChI=1S/C22H24N2O3/c1-27-18-9-5-8-17(14-18)21(25)23-10-12-24(13-11-23)22(26)20-15-19(20)16-6-3-2-4-7-16/h2-9,14,19-20H,10-13,15H2,1H3. The number of methoxy groups -OCH3 is 1. The van der Waals surface area contributed by atoms with Crippen LogP contribution in [0.15, 0.2) is 54.6 Å². The number of rotatable bonds is 4. The smallest absolute Gasteiger partial charge is 0.254 e. The summed E-state index contributed by atoms with van der Waals surface area (Å²) in [6.07, 6.45) is 0.936. The van der Waals surface area contributed by atoms with E-state index >= 15 is 0 Å². The first-order valence-electron chi connectivity index (χ1n) is 9.44. The molecule has 1 saturated carbocycles. The zero-order chi connectivity index (χ0) is 18.8. The van der Waals surface area contributed by atoms with E-state index in [9.17, 15) is 9.59 Å². The van der Waals surface area contributed by atoms with Crippen LogP contribution in [0.1, 0.15) is 28.3 Å². The number of hydrogen-bond donors (Lipinski definition) is 0. The monoisotopic (exact) mass is 364 g/mol. The Labute approximate surface area is 159 Å². The summed E-state index contributed by atoms with van der Waals surface area (Å²) >= 11 is 0. The molecule has 1 saturated heterocycles. The summed E-state index contributed by atoms with van der Waals surface area (Å²) in [4.78, 5) is 29.2. The maximum Gasteiger partial charge on any atom is 0.254 e. The lowest BCUT2D eigenvalue weighted by Gasteiger charge is -2.35. The van der Waals surface area contributed by atoms with Gasteiger partial charge >= 0.3 is 0 Å². The first kappa shape index (κ1) is 17.6. The summed E-state index contributed by atoms with van der Waals surface area (Å²) in [5.74, 6) is 1.37. The van der Waals surface area contributed by atoms with Gasteiger partial charge in [0.2, 0.25) is 5.91 Å². The van der Waals surface area contributed by atoms with Crippen molar-refractivity contribution in [1.82, 2.24) is 9.80 Å². The molecule has 1 aliphatic heterocycles. The quantitative estimate of drug-likeness (QED) is 0.838. The predicted octanol–water partition coefficient (Wildman–Crippen LogP) is 2.78. The predicted molar refractivity (Wildman–Crippen MR) is 103 cm³/mol. The van der Waals surface area contributed by atoms with Gasteiger partial charge in [0.25, 0.3) is 5.91 Å². The summed E-state index contributed by atoms with van der Waals surface area (Å²) in [6, 6.07) is 17.5. The van der Waals surface area contributed by atoms with Gasteiger partial charge in [-0.1, -0.05) is 36.4 Å². The lowest BCUT2D eigenvalue weighted by Crippen LogP contribution is -2.51. The maximum absolute atomic E-state index is 12.8. The van der Waals surface area contributed by atoms with Gasteiger partial charge in [0, 0.05) is 37.7 Å². The third-order valence-corrected chi connectivity index (χ3v) is 5.53. The van der Waals surface area contributed by atoms with Gasteiger partial charge in [-0.25, -0.2) is 0 Å². The van der Waals surface area contributed by atoms with Crippen LogP contribution in [0.3, 0.4) is 0 Å². The van der Waals surface area contributed by atoms with Crippen molar-refractivity contribution in [3.63, 3.8) is 0 Å². The Kier molecular flexibility index (Phi) is 4.84. The van der Waals surface area contributed by atoms with Crippen molar-refractivity contribution in [3.8, 4) is 5.75 Å². The zero-order valence-electron chi connectivity index (χ0n) is 15.5. The first-order valence-corrected chi connectivity index (χ1v) is 9.44. The van der Waals surface area contributed by atoms with Gasteiger partial charge < -0.3 is 14.5 Å². The molecule has 2 unspecified atom stereocenters. The normalized spacial score (nSPS) is 21.7. The summed E-state index contributed by atoms with van der Waals surface area (Å²) < 4.78 is 5.20. The van der Waals surface area contributed by atoms with Crippen molar-refractivity contribution in [3.05, 3.63) is 65.7 Å².